The molecule has 1 aromatic heterocycles. The van der Waals surface area contributed by atoms with Crippen molar-refractivity contribution >= 4 is 0 Å². The molecule has 1 N–H and O–H groups in total. The molecule has 3 nitrogen and oxygen atoms in total. The van der Waals surface area contributed by atoms with Crippen LogP contribution in [0.25, 0.3) is 11.3 Å². The maximum atomic E-state index is 4.99. The first-order valence-electron chi connectivity index (χ1n) is 5.01. The van der Waals surface area contributed by atoms with Crippen LogP contribution in [0.4, 0.5) is 0 Å². The van der Waals surface area contributed by atoms with Gasteiger partial charge in [0.2, 0.25) is 0 Å². The molecule has 0 amide bonds. The summed E-state index contributed by atoms with van der Waals surface area (Å²) in [4.78, 5) is 7.16. The van der Waals surface area contributed by atoms with Crippen LogP contribution in [-0.2, 0) is 6.42 Å². The van der Waals surface area contributed by atoms with Gasteiger partial charge >= 0.3 is 0 Å². The van der Waals surface area contributed by atoms with Gasteiger partial charge in [-0.3, -0.25) is 0 Å². The summed E-state index contributed by atoms with van der Waals surface area (Å²) in [5.74, 6) is 0. The molecule has 78 valence electrons. The fourth-order valence-electron chi connectivity index (χ4n) is 1.47. The van der Waals surface area contributed by atoms with Crippen LogP contribution in [0.1, 0.15) is 12.5 Å². The zero-order chi connectivity index (χ0) is 10.7. The highest BCUT2D eigenvalue weighted by Gasteiger charge is 2.02. The first-order valence-corrected chi connectivity index (χ1v) is 5.01. The Hall–Kier alpha value is -1.77. The monoisotopic (exact) mass is 202 g/mol. The van der Waals surface area contributed by atoms with Crippen LogP contribution in [0.2, 0.25) is 0 Å². The van der Waals surface area contributed by atoms with E-state index in [4.69, 9.17) is 4.74 Å². The van der Waals surface area contributed by atoms with Gasteiger partial charge in [0.15, 0.2) is 0 Å². The van der Waals surface area contributed by atoms with Crippen LogP contribution < -0.4 is 4.74 Å². The van der Waals surface area contributed by atoms with E-state index in [0.717, 1.165) is 17.7 Å². The summed E-state index contributed by atoms with van der Waals surface area (Å²) < 4.78 is 4.99. The molecule has 0 aliphatic carbocycles. The standard InChI is InChI=1S/C12H14N2O/c1-3-9-4-6-10(7-5-9)11-8-13-12(14-11)15-2/h4-8H,3H2,1-2H3,(H,13,14). The van der Waals surface area contributed by atoms with Crippen molar-refractivity contribution in [1.29, 1.82) is 0 Å². The van der Waals surface area contributed by atoms with Crippen LogP contribution in [0.3, 0.4) is 0 Å². The minimum atomic E-state index is 0.546. The Balaban J connectivity index is 2.28. The summed E-state index contributed by atoms with van der Waals surface area (Å²) in [5, 5.41) is 0. The average Bonchev–Trinajstić information content (AvgIpc) is 2.78. The third-order valence-corrected chi connectivity index (χ3v) is 2.42. The van der Waals surface area contributed by atoms with E-state index in [9.17, 15) is 0 Å². The lowest BCUT2D eigenvalue weighted by molar-refractivity contribution is 0.384. The number of aromatic nitrogens is 2. The van der Waals surface area contributed by atoms with Gasteiger partial charge in [0, 0.05) is 0 Å². The number of aromatic amines is 1. The number of hydrogen-bond acceptors (Lipinski definition) is 2. The number of H-pyrrole nitrogens is 1. The molecule has 0 atom stereocenters. The molecule has 0 bridgehead atoms. The molecule has 1 heterocycles. The molecule has 0 unspecified atom stereocenters. The average molecular weight is 202 g/mol. The van der Waals surface area contributed by atoms with Crippen molar-refractivity contribution < 1.29 is 4.74 Å². The van der Waals surface area contributed by atoms with Gasteiger partial charge < -0.3 is 9.72 Å². The maximum Gasteiger partial charge on any atom is 0.293 e. The Bertz CT molecular complexity index is 431. The molecule has 0 aliphatic rings. The van der Waals surface area contributed by atoms with Gasteiger partial charge in [-0.1, -0.05) is 31.2 Å². The van der Waals surface area contributed by atoms with E-state index in [1.54, 1.807) is 13.3 Å². The van der Waals surface area contributed by atoms with Crippen LogP contribution in [-0.4, -0.2) is 17.1 Å². The fraction of sp³-hybridized carbons (Fsp3) is 0.250. The van der Waals surface area contributed by atoms with Crippen LogP contribution in [0.5, 0.6) is 6.01 Å². The quantitative estimate of drug-likeness (QED) is 0.830. The SMILES string of the molecule is CCc1ccc(-c2cnc(OC)[nH]2)cc1. The molecule has 0 radical (unpaired) electrons. The molecule has 0 fully saturated rings. The molecule has 3 heteroatoms. The molecule has 0 spiro atoms. The smallest absolute Gasteiger partial charge is 0.293 e. The summed E-state index contributed by atoms with van der Waals surface area (Å²) in [5.41, 5.74) is 3.45. The third-order valence-electron chi connectivity index (χ3n) is 2.42. The van der Waals surface area contributed by atoms with Gasteiger partial charge in [-0.15, -0.1) is 0 Å². The number of imidazole rings is 1. The second-order valence-corrected chi connectivity index (χ2v) is 3.36. The lowest BCUT2D eigenvalue weighted by atomic mass is 10.1. The van der Waals surface area contributed by atoms with Crippen molar-refractivity contribution in [2.24, 2.45) is 0 Å². The highest BCUT2D eigenvalue weighted by molar-refractivity contribution is 5.59. The van der Waals surface area contributed by atoms with Crippen molar-refractivity contribution in [1.82, 2.24) is 9.97 Å². The Morgan fingerprint density at radius 1 is 1.27 bits per heavy atom. The van der Waals surface area contributed by atoms with E-state index in [1.807, 2.05) is 0 Å². The lowest BCUT2D eigenvalue weighted by Crippen LogP contribution is -1.84. The van der Waals surface area contributed by atoms with E-state index in [-0.39, 0.29) is 0 Å². The van der Waals surface area contributed by atoms with Gasteiger partial charge in [-0.25, -0.2) is 4.98 Å². The third kappa shape index (κ3) is 2.01. The van der Waals surface area contributed by atoms with Gasteiger partial charge in [-0.05, 0) is 17.5 Å². The number of ether oxygens (including phenoxy) is 1. The van der Waals surface area contributed by atoms with E-state index in [2.05, 4.69) is 41.2 Å². The van der Waals surface area contributed by atoms with Gasteiger partial charge in [0.05, 0.1) is 19.0 Å². The lowest BCUT2D eigenvalue weighted by Gasteiger charge is -1.99. The number of rotatable bonds is 3. The van der Waals surface area contributed by atoms with E-state index < -0.39 is 0 Å². The molecule has 2 rings (SSSR count). The Morgan fingerprint density at radius 3 is 2.53 bits per heavy atom. The van der Waals surface area contributed by atoms with E-state index in [1.165, 1.54) is 5.56 Å². The predicted molar refractivity (Wildman–Crippen MR) is 60.0 cm³/mol. The van der Waals surface area contributed by atoms with Crippen molar-refractivity contribution in [3.05, 3.63) is 36.0 Å². The van der Waals surface area contributed by atoms with Crippen molar-refractivity contribution in [3.63, 3.8) is 0 Å². The van der Waals surface area contributed by atoms with Crippen LogP contribution in [0.15, 0.2) is 30.5 Å². The summed E-state index contributed by atoms with van der Waals surface area (Å²) in [6.45, 7) is 2.15. The molecular weight excluding hydrogens is 188 g/mol. The van der Waals surface area contributed by atoms with Gasteiger partial charge in [0.25, 0.3) is 6.01 Å². The number of nitrogens with one attached hydrogen (secondary N) is 1. The number of methoxy groups -OCH3 is 1. The Labute approximate surface area is 89.1 Å². The van der Waals surface area contributed by atoms with Gasteiger partial charge in [0.1, 0.15) is 0 Å². The Morgan fingerprint density at radius 2 is 2.00 bits per heavy atom. The van der Waals surface area contributed by atoms with Gasteiger partial charge in [-0.2, -0.15) is 0 Å². The summed E-state index contributed by atoms with van der Waals surface area (Å²) >= 11 is 0. The Kier molecular flexibility index (Phi) is 2.72. The maximum absolute atomic E-state index is 4.99. The second kappa shape index (κ2) is 4.17. The zero-order valence-corrected chi connectivity index (χ0v) is 8.95. The number of aryl methyl sites for hydroxylation is 1. The summed E-state index contributed by atoms with van der Waals surface area (Å²) in [6.07, 6.45) is 2.84. The molecule has 1 aromatic carbocycles. The summed E-state index contributed by atoms with van der Waals surface area (Å²) in [6, 6.07) is 8.98. The highest BCUT2D eigenvalue weighted by atomic mass is 16.5. The van der Waals surface area contributed by atoms with Crippen LogP contribution in [0, 0.1) is 0 Å². The van der Waals surface area contributed by atoms with Crippen LogP contribution >= 0.6 is 0 Å². The first-order chi connectivity index (χ1) is 7.33. The number of nitrogens with zero attached hydrogens (tertiary/aromatic N) is 1. The van der Waals surface area contributed by atoms with E-state index >= 15 is 0 Å². The molecule has 15 heavy (non-hydrogen) atoms. The largest absolute Gasteiger partial charge is 0.468 e. The summed E-state index contributed by atoms with van der Waals surface area (Å²) in [7, 11) is 1.60. The van der Waals surface area contributed by atoms with Crippen molar-refractivity contribution in [3.8, 4) is 17.3 Å². The predicted octanol–water partition coefficient (Wildman–Crippen LogP) is 2.65. The first kappa shape index (κ1) is 9.77. The molecule has 0 saturated carbocycles. The molecule has 0 saturated heterocycles. The number of hydrogen-bond donors (Lipinski definition) is 1. The van der Waals surface area contributed by atoms with Crippen molar-refractivity contribution in [2.45, 2.75) is 13.3 Å². The second-order valence-electron chi connectivity index (χ2n) is 3.36. The highest BCUT2D eigenvalue weighted by Crippen LogP contribution is 2.19. The molecular formula is C12H14N2O. The zero-order valence-electron chi connectivity index (χ0n) is 8.95. The molecule has 2 aromatic rings. The van der Waals surface area contributed by atoms with Crippen molar-refractivity contribution in [2.75, 3.05) is 7.11 Å². The minimum Gasteiger partial charge on any atom is -0.468 e. The minimum absolute atomic E-state index is 0.546. The van der Waals surface area contributed by atoms with E-state index in [0.29, 0.717) is 6.01 Å². The number of benzene rings is 1. The topological polar surface area (TPSA) is 37.9 Å². The fourth-order valence-corrected chi connectivity index (χ4v) is 1.47. The molecule has 0 aliphatic heterocycles. The normalized spacial score (nSPS) is 10.3.